The number of rotatable bonds is 4. The number of anilines is 1. The molecule has 0 atom stereocenters. The van der Waals surface area contributed by atoms with E-state index in [0.717, 1.165) is 0 Å². The van der Waals surface area contributed by atoms with Gasteiger partial charge in [0.2, 0.25) is 5.91 Å². The van der Waals surface area contributed by atoms with Crippen LogP contribution in [0.2, 0.25) is 0 Å². The fourth-order valence-electron chi connectivity index (χ4n) is 1.08. The summed E-state index contributed by atoms with van der Waals surface area (Å²) in [5.74, 6) is -4.30. The monoisotopic (exact) mass is 247 g/mol. The average molecular weight is 247 g/mol. The zero-order valence-corrected chi connectivity index (χ0v) is 9.43. The number of pyridine rings is 1. The molecule has 1 heterocycles. The maximum absolute atomic E-state index is 13.1. The summed E-state index contributed by atoms with van der Waals surface area (Å²) < 4.78 is 38.3. The number of nitrogens with zero attached hydrogens (tertiary/aromatic N) is 2. The van der Waals surface area contributed by atoms with Gasteiger partial charge in [-0.15, -0.1) is 0 Å². The van der Waals surface area contributed by atoms with E-state index < -0.39 is 23.4 Å². The predicted octanol–water partition coefficient (Wildman–Crippen LogP) is 1.39. The van der Waals surface area contributed by atoms with Crippen LogP contribution in [-0.4, -0.2) is 36.4 Å². The normalized spacial score (nSPS) is 10.2. The molecule has 0 saturated heterocycles. The van der Waals surface area contributed by atoms with Crippen molar-refractivity contribution in [1.29, 1.82) is 0 Å². The highest BCUT2D eigenvalue weighted by atomic mass is 19.2. The number of halogens is 3. The van der Waals surface area contributed by atoms with E-state index in [1.165, 1.54) is 4.90 Å². The van der Waals surface area contributed by atoms with Gasteiger partial charge in [-0.05, 0) is 0 Å². The zero-order chi connectivity index (χ0) is 13.0. The molecule has 0 aliphatic carbocycles. The maximum atomic E-state index is 13.1. The van der Waals surface area contributed by atoms with Crippen LogP contribution in [0.5, 0.6) is 0 Å². The third-order valence-electron chi connectivity index (χ3n) is 2.02. The van der Waals surface area contributed by atoms with Crippen LogP contribution in [0.3, 0.4) is 0 Å². The molecule has 0 unspecified atom stereocenters. The summed E-state index contributed by atoms with van der Waals surface area (Å²) in [7, 11) is 3.16. The van der Waals surface area contributed by atoms with E-state index in [2.05, 4.69) is 10.3 Å². The molecule has 0 bridgehead atoms. The average Bonchev–Trinajstić information content (AvgIpc) is 2.25. The standard InChI is InChI=1S/C10H12F3N3O/c1-16(2)8(17)3-4-14-10-7(12)5-6(11)9(13)15-10/h5H,3-4H2,1-2H3,(H,14,15). The molecule has 1 aromatic heterocycles. The van der Waals surface area contributed by atoms with Crippen LogP contribution in [0.4, 0.5) is 19.0 Å². The van der Waals surface area contributed by atoms with Crippen LogP contribution in [0.25, 0.3) is 0 Å². The highest BCUT2D eigenvalue weighted by Gasteiger charge is 2.11. The van der Waals surface area contributed by atoms with Crippen LogP contribution in [0.15, 0.2) is 6.07 Å². The second-order valence-electron chi connectivity index (χ2n) is 3.56. The number of amides is 1. The van der Waals surface area contributed by atoms with Crippen molar-refractivity contribution < 1.29 is 18.0 Å². The van der Waals surface area contributed by atoms with Gasteiger partial charge in [-0.1, -0.05) is 0 Å². The minimum Gasteiger partial charge on any atom is -0.367 e. The quantitative estimate of drug-likeness (QED) is 0.818. The van der Waals surface area contributed by atoms with Crippen LogP contribution < -0.4 is 5.32 Å². The molecule has 0 fully saturated rings. The Morgan fingerprint density at radius 2 is 2.00 bits per heavy atom. The van der Waals surface area contributed by atoms with Crippen LogP contribution >= 0.6 is 0 Å². The Labute approximate surface area is 96.4 Å². The summed E-state index contributed by atoms with van der Waals surface area (Å²) in [5.41, 5.74) is 0. The first kappa shape index (κ1) is 13.3. The van der Waals surface area contributed by atoms with Gasteiger partial charge in [-0.3, -0.25) is 4.79 Å². The van der Waals surface area contributed by atoms with Crippen LogP contribution in [0.1, 0.15) is 6.42 Å². The van der Waals surface area contributed by atoms with Gasteiger partial charge in [0.05, 0.1) is 0 Å². The molecule has 1 N–H and O–H groups in total. The van der Waals surface area contributed by atoms with Gasteiger partial charge >= 0.3 is 0 Å². The van der Waals surface area contributed by atoms with Crippen molar-refractivity contribution in [2.24, 2.45) is 0 Å². The number of carbonyl (C=O) groups is 1. The number of hydrogen-bond acceptors (Lipinski definition) is 3. The van der Waals surface area contributed by atoms with E-state index in [9.17, 15) is 18.0 Å². The Morgan fingerprint density at radius 1 is 1.35 bits per heavy atom. The summed E-state index contributed by atoms with van der Waals surface area (Å²) in [5, 5.41) is 2.43. The van der Waals surface area contributed by atoms with Crippen molar-refractivity contribution >= 4 is 11.7 Å². The molecule has 1 amide bonds. The molecule has 0 aromatic carbocycles. The maximum Gasteiger partial charge on any atom is 0.251 e. The number of hydrogen-bond donors (Lipinski definition) is 1. The molecular weight excluding hydrogens is 235 g/mol. The Balaban J connectivity index is 2.58. The van der Waals surface area contributed by atoms with Gasteiger partial charge in [-0.2, -0.15) is 9.37 Å². The third-order valence-corrected chi connectivity index (χ3v) is 2.02. The highest BCUT2D eigenvalue weighted by Crippen LogP contribution is 2.13. The molecule has 17 heavy (non-hydrogen) atoms. The Morgan fingerprint density at radius 3 is 2.59 bits per heavy atom. The smallest absolute Gasteiger partial charge is 0.251 e. The van der Waals surface area contributed by atoms with Gasteiger partial charge in [0.15, 0.2) is 17.5 Å². The van der Waals surface area contributed by atoms with E-state index in [0.29, 0.717) is 6.07 Å². The van der Waals surface area contributed by atoms with E-state index in [1.807, 2.05) is 0 Å². The Bertz CT molecular complexity index is 424. The van der Waals surface area contributed by atoms with Gasteiger partial charge in [0, 0.05) is 33.1 Å². The van der Waals surface area contributed by atoms with Crippen molar-refractivity contribution in [3.8, 4) is 0 Å². The summed E-state index contributed by atoms with van der Waals surface area (Å²) >= 11 is 0. The van der Waals surface area contributed by atoms with Crippen molar-refractivity contribution in [1.82, 2.24) is 9.88 Å². The lowest BCUT2D eigenvalue weighted by atomic mass is 10.3. The lowest BCUT2D eigenvalue weighted by Crippen LogP contribution is -2.24. The number of carbonyl (C=O) groups excluding carboxylic acids is 1. The summed E-state index contributed by atoms with van der Waals surface area (Å²) in [4.78, 5) is 15.6. The van der Waals surface area contributed by atoms with Crippen LogP contribution in [-0.2, 0) is 4.79 Å². The van der Waals surface area contributed by atoms with Crippen molar-refractivity contribution in [3.63, 3.8) is 0 Å². The van der Waals surface area contributed by atoms with Gasteiger partial charge < -0.3 is 10.2 Å². The first-order valence-corrected chi connectivity index (χ1v) is 4.87. The second kappa shape index (κ2) is 5.51. The lowest BCUT2D eigenvalue weighted by Gasteiger charge is -2.11. The molecule has 94 valence electrons. The summed E-state index contributed by atoms with van der Waals surface area (Å²) in [6, 6.07) is 0.401. The van der Waals surface area contributed by atoms with Crippen LogP contribution in [0, 0.1) is 17.6 Å². The molecule has 0 saturated carbocycles. The highest BCUT2D eigenvalue weighted by molar-refractivity contribution is 5.76. The molecule has 1 rings (SSSR count). The zero-order valence-electron chi connectivity index (χ0n) is 9.43. The van der Waals surface area contributed by atoms with E-state index in [4.69, 9.17) is 0 Å². The van der Waals surface area contributed by atoms with Gasteiger partial charge in [-0.25, -0.2) is 8.78 Å². The van der Waals surface area contributed by atoms with Crippen molar-refractivity contribution in [2.75, 3.05) is 26.0 Å². The third kappa shape index (κ3) is 3.61. The fourth-order valence-corrected chi connectivity index (χ4v) is 1.08. The Kier molecular flexibility index (Phi) is 4.30. The minimum atomic E-state index is -1.38. The first-order valence-electron chi connectivity index (χ1n) is 4.87. The fraction of sp³-hybridized carbons (Fsp3) is 0.400. The first-order chi connectivity index (χ1) is 7.91. The Hall–Kier alpha value is -1.79. The SMILES string of the molecule is CN(C)C(=O)CCNc1nc(F)c(F)cc1F. The topological polar surface area (TPSA) is 45.2 Å². The van der Waals surface area contributed by atoms with E-state index in [-0.39, 0.29) is 18.9 Å². The van der Waals surface area contributed by atoms with Crippen molar-refractivity contribution in [3.05, 3.63) is 23.6 Å². The lowest BCUT2D eigenvalue weighted by molar-refractivity contribution is -0.128. The second-order valence-corrected chi connectivity index (χ2v) is 3.56. The van der Waals surface area contributed by atoms with Crippen molar-refractivity contribution in [2.45, 2.75) is 6.42 Å². The molecule has 0 spiro atoms. The molecule has 0 aliphatic heterocycles. The molecule has 0 radical (unpaired) electrons. The predicted molar refractivity (Wildman–Crippen MR) is 55.9 cm³/mol. The molecule has 7 heteroatoms. The summed E-state index contributed by atoms with van der Waals surface area (Å²) in [6.45, 7) is 0.0893. The number of aromatic nitrogens is 1. The van der Waals surface area contributed by atoms with E-state index >= 15 is 0 Å². The number of nitrogens with one attached hydrogen (secondary N) is 1. The van der Waals surface area contributed by atoms with Gasteiger partial charge in [0.1, 0.15) is 0 Å². The molecule has 1 aromatic rings. The van der Waals surface area contributed by atoms with E-state index in [1.54, 1.807) is 14.1 Å². The molecule has 0 aliphatic rings. The van der Waals surface area contributed by atoms with Gasteiger partial charge in [0.25, 0.3) is 5.95 Å². The minimum absolute atomic E-state index is 0.0893. The summed E-state index contributed by atoms with van der Waals surface area (Å²) in [6.07, 6.45) is 0.104. The molecular formula is C10H12F3N3O. The largest absolute Gasteiger partial charge is 0.367 e. The molecule has 4 nitrogen and oxygen atoms in total.